The highest BCUT2D eigenvalue weighted by Crippen LogP contribution is 2.53. The predicted molar refractivity (Wildman–Crippen MR) is 135 cm³/mol. The van der Waals surface area contributed by atoms with E-state index in [9.17, 15) is 19.8 Å². The number of carbonyl (C=O) groups excluding carboxylic acids is 2. The van der Waals surface area contributed by atoms with E-state index in [1.807, 2.05) is 42.5 Å². The van der Waals surface area contributed by atoms with Crippen molar-refractivity contribution in [3.8, 4) is 0 Å². The van der Waals surface area contributed by atoms with Crippen LogP contribution in [0, 0.1) is 5.41 Å². The number of β-amino-alcohol motifs (C(OH)–C–C–N with tert-alkyl or cyclic N) is 1. The van der Waals surface area contributed by atoms with Crippen molar-refractivity contribution in [3.63, 3.8) is 0 Å². The van der Waals surface area contributed by atoms with E-state index >= 15 is 0 Å². The summed E-state index contributed by atoms with van der Waals surface area (Å²) < 4.78 is 0. The molecule has 3 N–H and O–H groups in total. The molecule has 0 radical (unpaired) electrons. The van der Waals surface area contributed by atoms with Gasteiger partial charge in [0.1, 0.15) is 6.04 Å². The summed E-state index contributed by atoms with van der Waals surface area (Å²) in [5.41, 5.74) is 0.864. The maximum absolute atomic E-state index is 13.2. The third-order valence-electron chi connectivity index (χ3n) is 8.34. The second-order valence-electron chi connectivity index (χ2n) is 10.4. The molecule has 1 spiro atoms. The predicted octanol–water partition coefficient (Wildman–Crippen LogP) is 2.50. The molecule has 3 aliphatic rings. The molecule has 5 rings (SSSR count). The topological polar surface area (TPSA) is 96.3 Å². The van der Waals surface area contributed by atoms with Crippen LogP contribution in [0.3, 0.4) is 0 Å². The fourth-order valence-electron chi connectivity index (χ4n) is 5.70. The Hall–Kier alpha value is -2.68. The highest BCUT2D eigenvalue weighted by Gasteiger charge is 2.51. The summed E-state index contributed by atoms with van der Waals surface area (Å²) in [4.78, 5) is 31.7. The zero-order chi connectivity index (χ0) is 24.6. The van der Waals surface area contributed by atoms with Crippen LogP contribution in [-0.2, 0) is 4.79 Å². The van der Waals surface area contributed by atoms with E-state index < -0.39 is 6.04 Å². The van der Waals surface area contributed by atoms with Crippen molar-refractivity contribution in [3.05, 3.63) is 42.5 Å². The van der Waals surface area contributed by atoms with Crippen LogP contribution in [0.1, 0.15) is 32.6 Å². The number of aliphatic hydroxyl groups excluding tert-OH is 2. The molecular weight excluding hydrogens is 444 g/mol. The van der Waals surface area contributed by atoms with E-state index in [0.29, 0.717) is 31.7 Å². The van der Waals surface area contributed by atoms with Gasteiger partial charge in [-0.2, -0.15) is 0 Å². The maximum atomic E-state index is 13.2. The minimum absolute atomic E-state index is 0.109. The fourth-order valence-corrected chi connectivity index (χ4v) is 5.70. The van der Waals surface area contributed by atoms with Gasteiger partial charge in [0.15, 0.2) is 0 Å². The highest BCUT2D eigenvalue weighted by atomic mass is 16.3. The Morgan fingerprint density at radius 3 is 2.60 bits per heavy atom. The lowest BCUT2D eigenvalue weighted by Crippen LogP contribution is -2.61. The van der Waals surface area contributed by atoms with Gasteiger partial charge < -0.3 is 30.2 Å². The minimum atomic E-state index is -0.607. The van der Waals surface area contributed by atoms with Crippen molar-refractivity contribution in [2.24, 2.45) is 5.41 Å². The van der Waals surface area contributed by atoms with Crippen molar-refractivity contribution in [2.75, 3.05) is 44.6 Å². The average molecular weight is 481 g/mol. The third-order valence-corrected chi connectivity index (χ3v) is 8.34. The third kappa shape index (κ3) is 4.87. The first-order chi connectivity index (χ1) is 16.9. The number of fused-ring (bicyclic) bond motifs is 1. The number of likely N-dealkylation sites (tertiary alicyclic amines) is 1. The first-order valence-corrected chi connectivity index (χ1v) is 12.8. The first-order valence-electron chi connectivity index (χ1n) is 12.8. The van der Waals surface area contributed by atoms with E-state index in [1.165, 1.54) is 0 Å². The zero-order valence-corrected chi connectivity index (χ0v) is 20.4. The number of anilines is 1. The summed E-state index contributed by atoms with van der Waals surface area (Å²) in [6, 6.07) is 12.5. The van der Waals surface area contributed by atoms with Crippen molar-refractivity contribution < 1.29 is 19.8 Å². The molecule has 1 saturated carbocycles. The SMILES string of the molecule is CC1C(=O)N(C(CO)CCN2CCC3(CC3)C(O)C2)CCN1C(=O)Nc1ccc2ccccc2c1. The Bertz CT molecular complexity index is 1090. The van der Waals surface area contributed by atoms with Crippen molar-refractivity contribution >= 4 is 28.4 Å². The first kappa shape index (κ1) is 24.0. The number of nitrogens with zero attached hydrogens (tertiary/aromatic N) is 3. The van der Waals surface area contributed by atoms with Crippen LogP contribution in [0.5, 0.6) is 0 Å². The van der Waals surface area contributed by atoms with Gasteiger partial charge in [-0.3, -0.25) is 4.79 Å². The van der Waals surface area contributed by atoms with Gasteiger partial charge in [-0.15, -0.1) is 0 Å². The quantitative estimate of drug-likeness (QED) is 0.591. The molecule has 188 valence electrons. The van der Waals surface area contributed by atoms with Crippen molar-refractivity contribution in [1.29, 1.82) is 0 Å². The minimum Gasteiger partial charge on any atom is -0.394 e. The smallest absolute Gasteiger partial charge is 0.322 e. The van der Waals surface area contributed by atoms with Gasteiger partial charge in [-0.25, -0.2) is 4.79 Å². The number of amides is 3. The second-order valence-corrected chi connectivity index (χ2v) is 10.4. The molecule has 3 fully saturated rings. The van der Waals surface area contributed by atoms with Crippen LogP contribution in [0.4, 0.5) is 10.5 Å². The Morgan fingerprint density at radius 1 is 1.11 bits per heavy atom. The van der Waals surface area contributed by atoms with Gasteiger partial charge in [0.2, 0.25) is 5.91 Å². The van der Waals surface area contributed by atoms with Crippen LogP contribution in [0.15, 0.2) is 42.5 Å². The lowest BCUT2D eigenvalue weighted by Gasteiger charge is -2.43. The van der Waals surface area contributed by atoms with Crippen molar-refractivity contribution in [1.82, 2.24) is 14.7 Å². The zero-order valence-electron chi connectivity index (χ0n) is 20.4. The number of rotatable bonds is 6. The van der Waals surface area contributed by atoms with Crippen LogP contribution < -0.4 is 5.32 Å². The van der Waals surface area contributed by atoms with Crippen LogP contribution in [-0.4, -0.2) is 94.4 Å². The summed E-state index contributed by atoms with van der Waals surface area (Å²) in [5.74, 6) is -0.139. The number of carbonyl (C=O) groups is 2. The number of hydrogen-bond acceptors (Lipinski definition) is 5. The summed E-state index contributed by atoms with van der Waals surface area (Å²) >= 11 is 0. The molecule has 0 aromatic heterocycles. The lowest BCUT2D eigenvalue weighted by molar-refractivity contribution is -0.143. The molecule has 3 atom stereocenters. The van der Waals surface area contributed by atoms with Gasteiger partial charge in [-0.05, 0) is 67.5 Å². The number of nitrogens with one attached hydrogen (secondary N) is 1. The molecule has 2 heterocycles. The average Bonchev–Trinajstić information content (AvgIpc) is 3.65. The fraction of sp³-hybridized carbons (Fsp3) is 0.556. The van der Waals surface area contributed by atoms with E-state index in [4.69, 9.17) is 0 Å². The molecule has 35 heavy (non-hydrogen) atoms. The standard InChI is InChI=1S/C27H36N4O4/c1-19-25(34)31(23(18-32)8-12-29-13-11-27(9-10-27)24(33)17-29)15-14-30(19)26(35)28-22-7-6-20-4-2-3-5-21(20)16-22/h2-7,16,19,23-24,32-33H,8-15,17-18H2,1H3,(H,28,35). The summed E-state index contributed by atoms with van der Waals surface area (Å²) in [6.45, 7) is 4.82. The van der Waals surface area contributed by atoms with Crippen LogP contribution in [0.25, 0.3) is 10.8 Å². The molecule has 2 aliphatic heterocycles. The van der Waals surface area contributed by atoms with Gasteiger partial charge in [0.25, 0.3) is 0 Å². The van der Waals surface area contributed by atoms with Gasteiger partial charge in [0.05, 0.1) is 18.8 Å². The van der Waals surface area contributed by atoms with Crippen LogP contribution >= 0.6 is 0 Å². The molecule has 0 bridgehead atoms. The summed E-state index contributed by atoms with van der Waals surface area (Å²) in [6.07, 6.45) is 3.67. The van der Waals surface area contributed by atoms with E-state index in [-0.39, 0.29) is 36.1 Å². The normalized spacial score (nSPS) is 25.2. The highest BCUT2D eigenvalue weighted by molar-refractivity contribution is 5.96. The molecule has 8 heteroatoms. The monoisotopic (exact) mass is 480 g/mol. The van der Waals surface area contributed by atoms with Crippen molar-refractivity contribution in [2.45, 2.75) is 50.8 Å². The lowest BCUT2D eigenvalue weighted by atomic mass is 9.90. The summed E-state index contributed by atoms with van der Waals surface area (Å²) in [7, 11) is 0. The molecule has 8 nitrogen and oxygen atoms in total. The number of hydrogen-bond donors (Lipinski definition) is 3. The number of benzene rings is 2. The number of piperidine rings is 1. The van der Waals surface area contributed by atoms with Gasteiger partial charge >= 0.3 is 6.03 Å². The molecule has 2 aromatic rings. The van der Waals surface area contributed by atoms with E-state index in [0.717, 1.165) is 43.1 Å². The molecule has 3 unspecified atom stereocenters. The Labute approximate surface area is 206 Å². The van der Waals surface area contributed by atoms with Gasteiger partial charge in [0, 0.05) is 31.9 Å². The molecule has 2 aromatic carbocycles. The molecule has 3 amide bonds. The number of aliphatic hydroxyl groups is 2. The number of piperazine rings is 1. The van der Waals surface area contributed by atoms with Crippen LogP contribution in [0.2, 0.25) is 0 Å². The second kappa shape index (κ2) is 9.76. The largest absolute Gasteiger partial charge is 0.394 e. The Kier molecular flexibility index (Phi) is 6.70. The molecular formula is C27H36N4O4. The molecule has 1 aliphatic carbocycles. The van der Waals surface area contributed by atoms with E-state index in [2.05, 4.69) is 10.2 Å². The summed E-state index contributed by atoms with van der Waals surface area (Å²) in [5, 5.41) is 25.6. The Morgan fingerprint density at radius 2 is 1.89 bits per heavy atom. The Balaban J connectivity index is 1.16. The number of urea groups is 1. The molecule has 2 saturated heterocycles. The van der Waals surface area contributed by atoms with Gasteiger partial charge in [-0.1, -0.05) is 30.3 Å². The maximum Gasteiger partial charge on any atom is 0.322 e. The van der Waals surface area contributed by atoms with E-state index in [1.54, 1.807) is 16.7 Å².